The lowest BCUT2D eigenvalue weighted by Gasteiger charge is -2.03. The second-order valence-corrected chi connectivity index (χ2v) is 9.67. The van der Waals surface area contributed by atoms with E-state index in [4.69, 9.17) is 0 Å². The molecule has 1 aromatic carbocycles. The maximum atomic E-state index is 4.39. The van der Waals surface area contributed by atoms with E-state index in [9.17, 15) is 0 Å². The summed E-state index contributed by atoms with van der Waals surface area (Å²) < 4.78 is 0. The van der Waals surface area contributed by atoms with Gasteiger partial charge in [0.05, 0.1) is 5.52 Å². The Kier molecular flexibility index (Phi) is 2.80. The van der Waals surface area contributed by atoms with Gasteiger partial charge in [0.1, 0.15) is 8.07 Å². The second-order valence-electron chi connectivity index (χ2n) is 4.92. The van der Waals surface area contributed by atoms with Gasteiger partial charge in [0, 0.05) is 17.1 Å². The van der Waals surface area contributed by atoms with Crippen LogP contribution in [-0.4, -0.2) is 13.1 Å². The maximum absolute atomic E-state index is 4.39. The molecular weight excluding hydrogens is 210 g/mol. The van der Waals surface area contributed by atoms with Crippen LogP contribution in [0, 0.1) is 11.5 Å². The van der Waals surface area contributed by atoms with Crippen LogP contribution in [-0.2, 0) is 0 Å². The molecule has 1 aromatic heterocycles. The Morgan fingerprint density at radius 1 is 1.12 bits per heavy atom. The van der Waals surface area contributed by atoms with Crippen molar-refractivity contribution in [3.05, 3.63) is 42.1 Å². The molecule has 0 fully saturated rings. The molecule has 0 aliphatic carbocycles. The Morgan fingerprint density at radius 3 is 2.62 bits per heavy atom. The van der Waals surface area contributed by atoms with Gasteiger partial charge in [-0.25, -0.2) is 0 Å². The van der Waals surface area contributed by atoms with Gasteiger partial charge in [0.25, 0.3) is 0 Å². The summed E-state index contributed by atoms with van der Waals surface area (Å²) in [6.07, 6.45) is 1.86. The van der Waals surface area contributed by atoms with E-state index < -0.39 is 8.07 Å². The lowest BCUT2D eigenvalue weighted by Crippen LogP contribution is -2.16. The SMILES string of the molecule is C[Si](C)(C)C#Cc1cnc2ccccc2c1. The number of aromatic nitrogens is 1. The zero-order chi connectivity index (χ0) is 11.6. The fourth-order valence-electron chi connectivity index (χ4n) is 1.40. The van der Waals surface area contributed by atoms with E-state index in [0.29, 0.717) is 0 Å². The highest BCUT2D eigenvalue weighted by atomic mass is 28.3. The fraction of sp³-hybridized carbons (Fsp3) is 0.214. The van der Waals surface area contributed by atoms with E-state index >= 15 is 0 Å². The van der Waals surface area contributed by atoms with E-state index in [1.807, 2.05) is 24.4 Å². The highest BCUT2D eigenvalue weighted by Gasteiger charge is 2.07. The number of benzene rings is 1. The molecule has 0 radical (unpaired) electrons. The molecule has 0 bridgehead atoms. The zero-order valence-corrected chi connectivity index (χ0v) is 10.9. The van der Waals surface area contributed by atoms with Crippen LogP contribution in [0.25, 0.3) is 10.9 Å². The van der Waals surface area contributed by atoms with Crippen LogP contribution in [0.3, 0.4) is 0 Å². The van der Waals surface area contributed by atoms with Crippen LogP contribution in [0.5, 0.6) is 0 Å². The number of hydrogen-bond acceptors (Lipinski definition) is 1. The first-order valence-corrected chi connectivity index (χ1v) is 8.93. The van der Waals surface area contributed by atoms with Crippen molar-refractivity contribution < 1.29 is 0 Å². The molecule has 0 amide bonds. The van der Waals surface area contributed by atoms with Gasteiger partial charge in [0.15, 0.2) is 0 Å². The summed E-state index contributed by atoms with van der Waals surface area (Å²) >= 11 is 0. The Morgan fingerprint density at radius 2 is 1.88 bits per heavy atom. The van der Waals surface area contributed by atoms with Crippen molar-refractivity contribution in [1.29, 1.82) is 0 Å². The average Bonchev–Trinajstić information content (AvgIpc) is 2.25. The van der Waals surface area contributed by atoms with E-state index in [1.54, 1.807) is 0 Å². The maximum Gasteiger partial charge on any atom is 0.129 e. The molecule has 0 aliphatic heterocycles. The van der Waals surface area contributed by atoms with Crippen molar-refractivity contribution >= 4 is 19.0 Å². The lowest BCUT2D eigenvalue weighted by atomic mass is 10.2. The van der Waals surface area contributed by atoms with Crippen molar-refractivity contribution in [2.45, 2.75) is 19.6 Å². The molecule has 16 heavy (non-hydrogen) atoms. The largest absolute Gasteiger partial charge is 0.255 e. The predicted octanol–water partition coefficient (Wildman–Crippen LogP) is 3.46. The Bertz CT molecular complexity index is 570. The molecule has 0 saturated carbocycles. The molecule has 0 saturated heterocycles. The van der Waals surface area contributed by atoms with E-state index in [-0.39, 0.29) is 0 Å². The first-order valence-electron chi connectivity index (χ1n) is 5.43. The van der Waals surface area contributed by atoms with Crippen molar-refractivity contribution in [2.75, 3.05) is 0 Å². The van der Waals surface area contributed by atoms with E-state index in [1.165, 1.54) is 0 Å². The number of fused-ring (bicyclic) bond motifs is 1. The smallest absolute Gasteiger partial charge is 0.129 e. The second kappa shape index (κ2) is 4.11. The third-order valence-corrected chi connectivity index (χ3v) is 3.05. The Balaban J connectivity index is 2.43. The molecule has 0 spiro atoms. The summed E-state index contributed by atoms with van der Waals surface area (Å²) in [7, 11) is -1.30. The quantitative estimate of drug-likeness (QED) is 0.494. The average molecular weight is 225 g/mol. The molecule has 0 N–H and O–H groups in total. The molecular formula is C14H15NSi. The van der Waals surface area contributed by atoms with Gasteiger partial charge in [-0.15, -0.1) is 5.54 Å². The van der Waals surface area contributed by atoms with Crippen molar-refractivity contribution in [3.63, 3.8) is 0 Å². The molecule has 1 nitrogen and oxygen atoms in total. The zero-order valence-electron chi connectivity index (χ0n) is 9.91. The topological polar surface area (TPSA) is 12.9 Å². The molecule has 2 aromatic rings. The number of pyridine rings is 1. The Labute approximate surface area is 97.5 Å². The highest BCUT2D eigenvalue weighted by Crippen LogP contribution is 2.12. The van der Waals surface area contributed by atoms with Gasteiger partial charge in [-0.05, 0) is 12.1 Å². The first-order chi connectivity index (χ1) is 7.54. The Hall–Kier alpha value is -1.59. The van der Waals surface area contributed by atoms with Crippen molar-refractivity contribution in [1.82, 2.24) is 4.98 Å². The van der Waals surface area contributed by atoms with E-state index in [0.717, 1.165) is 16.5 Å². The summed E-state index contributed by atoms with van der Waals surface area (Å²) in [6.45, 7) is 6.73. The van der Waals surface area contributed by atoms with Crippen LogP contribution in [0.1, 0.15) is 5.56 Å². The van der Waals surface area contributed by atoms with E-state index in [2.05, 4.69) is 48.2 Å². The van der Waals surface area contributed by atoms with Crippen molar-refractivity contribution in [3.8, 4) is 11.5 Å². The monoisotopic (exact) mass is 225 g/mol. The number of nitrogens with zero attached hydrogens (tertiary/aromatic N) is 1. The van der Waals surface area contributed by atoms with Crippen LogP contribution in [0.2, 0.25) is 19.6 Å². The highest BCUT2D eigenvalue weighted by molar-refractivity contribution is 6.83. The normalized spacial score (nSPS) is 10.9. The third-order valence-electron chi connectivity index (χ3n) is 2.17. The van der Waals surface area contributed by atoms with Crippen LogP contribution < -0.4 is 0 Å². The van der Waals surface area contributed by atoms with Crippen molar-refractivity contribution in [2.24, 2.45) is 0 Å². The summed E-state index contributed by atoms with van der Waals surface area (Å²) in [5, 5.41) is 1.16. The summed E-state index contributed by atoms with van der Waals surface area (Å²) in [5.41, 5.74) is 5.40. The van der Waals surface area contributed by atoms with Gasteiger partial charge in [-0.2, -0.15) is 0 Å². The fourth-order valence-corrected chi connectivity index (χ4v) is 1.92. The minimum atomic E-state index is -1.30. The minimum Gasteiger partial charge on any atom is -0.255 e. The molecule has 2 rings (SSSR count). The molecule has 1 heterocycles. The molecule has 0 atom stereocenters. The van der Waals surface area contributed by atoms with Crippen LogP contribution in [0.15, 0.2) is 36.5 Å². The van der Waals surface area contributed by atoms with Crippen LogP contribution in [0.4, 0.5) is 0 Å². The molecule has 0 aliphatic rings. The molecule has 0 unspecified atom stereocenters. The summed E-state index contributed by atoms with van der Waals surface area (Å²) in [6, 6.07) is 10.2. The minimum absolute atomic E-state index is 1.01. The standard InChI is InChI=1S/C14H15NSi/c1-16(2,3)9-8-12-10-13-6-4-5-7-14(13)15-11-12/h4-7,10-11H,1-3H3. The van der Waals surface area contributed by atoms with Crippen LogP contribution >= 0.6 is 0 Å². The molecule has 80 valence electrons. The van der Waals surface area contributed by atoms with Gasteiger partial charge in [-0.3, -0.25) is 4.98 Å². The molecule has 2 heteroatoms. The van der Waals surface area contributed by atoms with Gasteiger partial charge >= 0.3 is 0 Å². The summed E-state index contributed by atoms with van der Waals surface area (Å²) in [4.78, 5) is 4.39. The lowest BCUT2D eigenvalue weighted by molar-refractivity contribution is 1.39. The number of para-hydroxylation sites is 1. The third kappa shape index (κ3) is 2.71. The number of rotatable bonds is 0. The summed E-state index contributed by atoms with van der Waals surface area (Å²) in [5.74, 6) is 3.23. The predicted molar refractivity (Wildman–Crippen MR) is 72.0 cm³/mol. The van der Waals surface area contributed by atoms with Gasteiger partial charge in [0.2, 0.25) is 0 Å². The number of hydrogen-bond donors (Lipinski definition) is 0. The first kappa shape index (κ1) is 10.9. The van der Waals surface area contributed by atoms with Gasteiger partial charge in [-0.1, -0.05) is 43.8 Å². The van der Waals surface area contributed by atoms with Gasteiger partial charge < -0.3 is 0 Å².